The molecule has 4 aromatic rings. The third kappa shape index (κ3) is 19.3. The van der Waals surface area contributed by atoms with Gasteiger partial charge in [0.1, 0.15) is 11.5 Å². The van der Waals surface area contributed by atoms with Crippen molar-refractivity contribution < 1.29 is 88.9 Å². The summed E-state index contributed by atoms with van der Waals surface area (Å²) < 4.78 is 0. The normalized spacial score (nSPS) is 11.4. The van der Waals surface area contributed by atoms with Crippen LogP contribution in [0, 0.1) is 0 Å². The Morgan fingerprint density at radius 2 is 0.731 bits per heavy atom. The summed E-state index contributed by atoms with van der Waals surface area (Å²) in [7, 11) is 1.50. The Hall–Kier alpha value is -5.15. The molecule has 0 saturated carbocycles. The molecule has 0 unspecified atom stereocenters. The molecule has 278 valence electrons. The van der Waals surface area contributed by atoms with Crippen molar-refractivity contribution in [2.24, 2.45) is 20.4 Å². The summed E-state index contributed by atoms with van der Waals surface area (Å²) in [5, 5.41) is 97.5. The molecule has 0 heterocycles. The Morgan fingerprint density at radius 1 is 0.462 bits per heavy atom. The number of benzene rings is 4. The number of allylic oxidation sites excluding steroid dienone is 2. The van der Waals surface area contributed by atoms with Gasteiger partial charge in [-0.15, -0.1) is 0 Å². The van der Waals surface area contributed by atoms with Crippen LogP contribution in [0.1, 0.15) is 36.1 Å². The van der Waals surface area contributed by atoms with E-state index in [0.717, 1.165) is 14.2 Å². The van der Waals surface area contributed by atoms with Gasteiger partial charge in [-0.3, -0.25) is 0 Å². The maximum absolute atomic E-state index is 11.9. The number of hydrogen-bond donors (Lipinski definition) is 2. The Bertz CT molecular complexity index is 1620. The van der Waals surface area contributed by atoms with E-state index in [2.05, 4.69) is 20.4 Å². The maximum atomic E-state index is 11.9. The van der Waals surface area contributed by atoms with Crippen molar-refractivity contribution in [1.82, 2.24) is 0 Å². The Kier molecular flexibility index (Phi) is 31.6. The molecular formula is C36H34N4O10V2-10. The fourth-order valence-corrected chi connectivity index (χ4v) is 3.47. The number of aromatic hydroxyl groups is 2. The number of phenols is 2. The quantitative estimate of drug-likeness (QED) is 0.108. The summed E-state index contributed by atoms with van der Waals surface area (Å²) in [5.74, 6) is -2.09. The van der Waals surface area contributed by atoms with E-state index in [1.54, 1.807) is 86.6 Å². The molecule has 0 amide bonds. The zero-order valence-corrected chi connectivity index (χ0v) is 31.2. The fourth-order valence-electron chi connectivity index (χ4n) is 3.47. The van der Waals surface area contributed by atoms with Gasteiger partial charge in [0, 0.05) is 60.0 Å². The zero-order valence-electron chi connectivity index (χ0n) is 28.4. The first-order valence-corrected chi connectivity index (χ1v) is 14.0. The Morgan fingerprint density at radius 3 is 1.02 bits per heavy atom. The first-order valence-electron chi connectivity index (χ1n) is 14.0. The van der Waals surface area contributed by atoms with Crippen molar-refractivity contribution in [1.29, 1.82) is 0 Å². The van der Waals surface area contributed by atoms with Crippen LogP contribution >= 0.6 is 0 Å². The molecule has 2 radical (unpaired) electrons. The summed E-state index contributed by atoms with van der Waals surface area (Å²) in [6.07, 6.45) is 2.61. The smallest absolute Gasteiger partial charge is 0.123 e. The number of hydrogen-bond acceptors (Lipinski definition) is 12. The van der Waals surface area contributed by atoms with Gasteiger partial charge in [-0.05, 0) is 49.3 Å². The molecule has 0 aliphatic rings. The third-order valence-corrected chi connectivity index (χ3v) is 5.66. The SMILES string of the molecule is CC(/C=C(\[O-])c1ccccc1)=N\N=C(/[O-])c1ccccc1O.CC(/C=C(\[O-])c1ccccc1)=N\N=C(/[O-])c1ccccc1O.C[O-].C[O-].[O-2].[O-2].[V].[V]. The van der Waals surface area contributed by atoms with Crippen molar-refractivity contribution in [3.8, 4) is 11.5 Å². The fraction of sp³-hybridized carbons (Fsp3) is 0.111. The Labute approximate surface area is 325 Å². The standard InChI is InChI=1S/2C17H16N2O3.2CH3O.2O.2V/c2*1-12(11-16(21)13-7-3-2-4-8-13)18-19-17(22)14-9-5-6-10-15(14)20;2*1-2;;;;/h2*2-11,20-21H,1H3,(H,19,22);2*1H3;;;;/q;;2*-1;2*-2;;/p-4/b2*16-11-,18-12+;;;;;;. The van der Waals surface area contributed by atoms with E-state index in [1.807, 2.05) is 12.1 Å². The molecule has 0 fully saturated rings. The second kappa shape index (κ2) is 30.7. The molecule has 0 aliphatic carbocycles. The predicted octanol–water partition coefficient (Wildman–Crippen LogP) is 0.263. The first-order chi connectivity index (χ1) is 23.2. The van der Waals surface area contributed by atoms with Gasteiger partial charge in [-0.25, -0.2) is 0 Å². The molecule has 16 heteroatoms. The topological polar surface area (TPSA) is 285 Å². The summed E-state index contributed by atoms with van der Waals surface area (Å²) >= 11 is 0. The molecule has 0 bridgehead atoms. The number of nitrogens with zero attached hydrogens (tertiary/aromatic N) is 4. The van der Waals surface area contributed by atoms with Crippen LogP contribution in [-0.4, -0.2) is 47.7 Å². The second-order valence-corrected chi connectivity index (χ2v) is 9.08. The van der Waals surface area contributed by atoms with E-state index in [9.17, 15) is 30.6 Å². The molecule has 14 nitrogen and oxygen atoms in total. The van der Waals surface area contributed by atoms with Gasteiger partial charge in [-0.1, -0.05) is 109 Å². The summed E-state index contributed by atoms with van der Waals surface area (Å²) in [6, 6.07) is 29.6. The van der Waals surface area contributed by atoms with Crippen molar-refractivity contribution in [2.45, 2.75) is 13.8 Å². The Balaban J connectivity index is -0.000000378. The van der Waals surface area contributed by atoms with Gasteiger partial charge in [0.2, 0.25) is 0 Å². The van der Waals surface area contributed by atoms with E-state index in [1.165, 1.54) is 36.4 Å². The van der Waals surface area contributed by atoms with Gasteiger partial charge in [-0.2, -0.15) is 34.6 Å². The average Bonchev–Trinajstić information content (AvgIpc) is 3.12. The maximum Gasteiger partial charge on any atom is 0.123 e. The van der Waals surface area contributed by atoms with Crippen LogP contribution in [0.5, 0.6) is 11.5 Å². The molecule has 4 rings (SSSR count). The molecule has 52 heavy (non-hydrogen) atoms. The molecular weight excluding hydrogens is 750 g/mol. The van der Waals surface area contributed by atoms with E-state index in [-0.39, 0.29) is 82.2 Å². The van der Waals surface area contributed by atoms with Crippen LogP contribution in [0.2, 0.25) is 0 Å². The van der Waals surface area contributed by atoms with E-state index in [4.69, 9.17) is 10.2 Å². The monoisotopic (exact) mass is 784 g/mol. The minimum Gasteiger partial charge on any atom is -2.00 e. The predicted molar refractivity (Wildman–Crippen MR) is 178 cm³/mol. The van der Waals surface area contributed by atoms with Crippen molar-refractivity contribution in [2.75, 3.05) is 14.2 Å². The summed E-state index contributed by atoms with van der Waals surface area (Å²) in [4.78, 5) is 0. The van der Waals surface area contributed by atoms with Gasteiger partial charge in [0.15, 0.2) is 0 Å². The van der Waals surface area contributed by atoms with Crippen LogP contribution in [0.3, 0.4) is 0 Å². The largest absolute Gasteiger partial charge is 2.00 e. The van der Waals surface area contributed by atoms with Crippen molar-refractivity contribution in [3.05, 3.63) is 144 Å². The molecule has 2 N–H and O–H groups in total. The van der Waals surface area contributed by atoms with Gasteiger partial charge >= 0.3 is 0 Å². The zero-order chi connectivity index (χ0) is 35.9. The minimum atomic E-state index is -0.669. The van der Waals surface area contributed by atoms with Crippen LogP contribution in [-0.2, 0) is 48.1 Å². The molecule has 0 atom stereocenters. The van der Waals surface area contributed by atoms with Crippen LogP contribution < -0.4 is 30.6 Å². The van der Waals surface area contributed by atoms with Crippen molar-refractivity contribution in [3.63, 3.8) is 0 Å². The summed E-state index contributed by atoms with van der Waals surface area (Å²) in [6.45, 7) is 3.14. The number of rotatable bonds is 8. The van der Waals surface area contributed by atoms with E-state index >= 15 is 0 Å². The first kappa shape index (κ1) is 53.6. The second-order valence-electron chi connectivity index (χ2n) is 9.08. The van der Waals surface area contributed by atoms with Gasteiger partial charge < -0.3 is 51.8 Å². The average molecular weight is 785 g/mol. The van der Waals surface area contributed by atoms with Gasteiger partial charge in [0.25, 0.3) is 0 Å². The van der Waals surface area contributed by atoms with Crippen LogP contribution in [0.25, 0.3) is 11.5 Å². The number of para-hydroxylation sites is 2. The van der Waals surface area contributed by atoms with Crippen LogP contribution in [0.15, 0.2) is 142 Å². The van der Waals surface area contributed by atoms with E-state index in [0.29, 0.717) is 22.6 Å². The number of phenolic OH excluding ortho intramolecular Hbond substituents is 2. The molecule has 0 spiro atoms. The summed E-state index contributed by atoms with van der Waals surface area (Å²) in [5.41, 5.74) is 1.80. The molecule has 0 aliphatic heterocycles. The van der Waals surface area contributed by atoms with Gasteiger partial charge in [0.05, 0.1) is 11.4 Å². The van der Waals surface area contributed by atoms with E-state index < -0.39 is 11.8 Å². The van der Waals surface area contributed by atoms with Crippen LogP contribution in [0.4, 0.5) is 0 Å². The minimum absolute atomic E-state index is 0. The molecule has 0 aromatic heterocycles. The molecule has 0 saturated heterocycles. The molecule has 4 aromatic carbocycles. The third-order valence-electron chi connectivity index (χ3n) is 5.66. The van der Waals surface area contributed by atoms with Crippen molar-refractivity contribution >= 4 is 34.7 Å².